The van der Waals surface area contributed by atoms with Crippen LogP contribution in [0.25, 0.3) is 10.9 Å². The van der Waals surface area contributed by atoms with Gasteiger partial charge in [0, 0.05) is 17.6 Å². The fourth-order valence-electron chi connectivity index (χ4n) is 3.20. The molecule has 2 heterocycles. The summed E-state index contributed by atoms with van der Waals surface area (Å²) in [4.78, 5) is 19.4. The third-order valence-electron chi connectivity index (χ3n) is 4.46. The Hall–Kier alpha value is -1.39. The summed E-state index contributed by atoms with van der Waals surface area (Å²) in [7, 11) is 2.15. The van der Waals surface area contributed by atoms with E-state index in [0.717, 1.165) is 24.0 Å². The van der Waals surface area contributed by atoms with E-state index < -0.39 is 0 Å². The van der Waals surface area contributed by atoms with Gasteiger partial charge < -0.3 is 4.90 Å². The third kappa shape index (κ3) is 2.83. The lowest BCUT2D eigenvalue weighted by atomic mass is 10.1. The van der Waals surface area contributed by atoms with Gasteiger partial charge in [0.1, 0.15) is 0 Å². The molecule has 0 radical (unpaired) electrons. The second kappa shape index (κ2) is 5.78. The average molecular weight is 306 g/mol. The Kier molecular flexibility index (Phi) is 4.00. The van der Waals surface area contributed by atoms with Gasteiger partial charge in [0.2, 0.25) is 0 Å². The first-order valence-electron chi connectivity index (χ1n) is 7.42. The number of aromatic nitrogens is 2. The Morgan fingerprint density at radius 3 is 2.95 bits per heavy atom. The molecule has 1 aliphatic heterocycles. The van der Waals surface area contributed by atoms with Gasteiger partial charge in [-0.15, -0.1) is 0 Å². The van der Waals surface area contributed by atoms with Crippen molar-refractivity contribution in [3.63, 3.8) is 0 Å². The summed E-state index contributed by atoms with van der Waals surface area (Å²) in [6, 6.07) is 4.14. The highest BCUT2D eigenvalue weighted by Crippen LogP contribution is 2.20. The average Bonchev–Trinajstić information content (AvgIpc) is 2.84. The number of rotatable bonds is 3. The van der Waals surface area contributed by atoms with Crippen molar-refractivity contribution in [1.29, 1.82) is 0 Å². The Bertz CT molecular complexity index is 725. The van der Waals surface area contributed by atoms with Gasteiger partial charge in [0.25, 0.3) is 5.56 Å². The van der Waals surface area contributed by atoms with Crippen LogP contribution < -0.4 is 5.56 Å². The molecule has 1 unspecified atom stereocenters. The molecule has 112 valence electrons. The highest BCUT2D eigenvalue weighted by atomic mass is 35.5. The second-order valence-corrected chi connectivity index (χ2v) is 6.36. The van der Waals surface area contributed by atoms with E-state index in [1.807, 2.05) is 13.0 Å². The molecule has 0 aliphatic carbocycles. The van der Waals surface area contributed by atoms with Crippen LogP contribution in [0.2, 0.25) is 5.02 Å². The van der Waals surface area contributed by atoms with Crippen LogP contribution >= 0.6 is 11.6 Å². The van der Waals surface area contributed by atoms with E-state index in [2.05, 4.69) is 16.9 Å². The molecule has 0 bridgehead atoms. The molecule has 1 saturated heterocycles. The zero-order valence-electron chi connectivity index (χ0n) is 12.5. The molecule has 21 heavy (non-hydrogen) atoms. The van der Waals surface area contributed by atoms with Gasteiger partial charge in [-0.25, -0.2) is 4.98 Å². The molecule has 0 spiro atoms. The van der Waals surface area contributed by atoms with E-state index in [9.17, 15) is 4.79 Å². The van der Waals surface area contributed by atoms with Crippen LogP contribution in [-0.2, 0) is 6.54 Å². The molecule has 5 heteroatoms. The van der Waals surface area contributed by atoms with Gasteiger partial charge in [-0.3, -0.25) is 9.36 Å². The Morgan fingerprint density at radius 1 is 1.43 bits per heavy atom. The van der Waals surface area contributed by atoms with Gasteiger partial charge in [-0.05, 0) is 57.5 Å². The molecule has 1 aliphatic rings. The summed E-state index contributed by atoms with van der Waals surface area (Å²) in [6.07, 6.45) is 5.13. The summed E-state index contributed by atoms with van der Waals surface area (Å²) in [6.45, 7) is 3.80. The Labute approximate surface area is 129 Å². The van der Waals surface area contributed by atoms with Crippen LogP contribution in [0.3, 0.4) is 0 Å². The van der Waals surface area contributed by atoms with Gasteiger partial charge in [0.15, 0.2) is 0 Å². The lowest BCUT2D eigenvalue weighted by molar-refractivity contribution is 0.285. The smallest absolute Gasteiger partial charge is 0.261 e. The number of fused-ring (bicyclic) bond motifs is 1. The van der Waals surface area contributed by atoms with E-state index >= 15 is 0 Å². The van der Waals surface area contributed by atoms with Gasteiger partial charge in [-0.2, -0.15) is 0 Å². The largest absolute Gasteiger partial charge is 0.303 e. The van der Waals surface area contributed by atoms with Crippen molar-refractivity contribution in [3.8, 4) is 0 Å². The van der Waals surface area contributed by atoms with Crippen LogP contribution in [0, 0.1) is 6.92 Å². The number of likely N-dealkylation sites (tertiary alicyclic amines) is 1. The lowest BCUT2D eigenvalue weighted by Gasteiger charge is -2.19. The van der Waals surface area contributed by atoms with E-state index in [1.54, 1.807) is 17.0 Å². The van der Waals surface area contributed by atoms with Crippen molar-refractivity contribution in [3.05, 3.63) is 39.4 Å². The van der Waals surface area contributed by atoms with Gasteiger partial charge >= 0.3 is 0 Å². The molecule has 3 rings (SSSR count). The fourth-order valence-corrected chi connectivity index (χ4v) is 3.47. The molecule has 1 fully saturated rings. The molecule has 4 nitrogen and oxygen atoms in total. The number of benzene rings is 1. The highest BCUT2D eigenvalue weighted by molar-refractivity contribution is 6.31. The maximum atomic E-state index is 12.6. The number of halogens is 1. The maximum absolute atomic E-state index is 12.6. The minimum absolute atomic E-state index is 0.00579. The summed E-state index contributed by atoms with van der Waals surface area (Å²) < 4.78 is 1.71. The van der Waals surface area contributed by atoms with E-state index in [1.165, 1.54) is 12.8 Å². The number of hydrogen-bond acceptors (Lipinski definition) is 3. The molecule has 0 saturated carbocycles. The predicted octanol–water partition coefficient (Wildman–Crippen LogP) is 2.84. The Balaban J connectivity index is 1.89. The molecular weight excluding hydrogens is 286 g/mol. The van der Waals surface area contributed by atoms with Crippen LogP contribution in [-0.4, -0.2) is 34.1 Å². The van der Waals surface area contributed by atoms with Crippen molar-refractivity contribution >= 4 is 22.5 Å². The normalized spacial score (nSPS) is 19.5. The number of hydrogen-bond donors (Lipinski definition) is 0. The van der Waals surface area contributed by atoms with Crippen LogP contribution in [0.5, 0.6) is 0 Å². The van der Waals surface area contributed by atoms with Crippen molar-refractivity contribution in [1.82, 2.24) is 14.5 Å². The number of aryl methyl sites for hydroxylation is 2. The topological polar surface area (TPSA) is 38.1 Å². The molecule has 0 N–H and O–H groups in total. The zero-order chi connectivity index (χ0) is 15.0. The fraction of sp³-hybridized carbons (Fsp3) is 0.500. The molecule has 0 amide bonds. The number of nitrogens with zero attached hydrogens (tertiary/aromatic N) is 3. The van der Waals surface area contributed by atoms with Crippen molar-refractivity contribution < 1.29 is 0 Å². The maximum Gasteiger partial charge on any atom is 0.261 e. The lowest BCUT2D eigenvalue weighted by Crippen LogP contribution is -2.28. The summed E-state index contributed by atoms with van der Waals surface area (Å²) in [5, 5.41) is 1.20. The predicted molar refractivity (Wildman–Crippen MR) is 86.0 cm³/mol. The standard InChI is InChI=1S/C16H20ClN3O/c1-11-8-12(17)9-14-15(11)18-10-20(16(14)21)7-5-13-4-3-6-19(13)2/h8-10,13H,3-7H2,1-2H3. The molecular formula is C16H20ClN3O. The SMILES string of the molecule is Cc1cc(Cl)cc2c(=O)n(CCC3CCCN3C)cnc12. The van der Waals surface area contributed by atoms with Crippen LogP contribution in [0.4, 0.5) is 0 Å². The minimum atomic E-state index is 0.00579. The molecule has 2 aromatic rings. The van der Waals surface area contributed by atoms with E-state index in [4.69, 9.17) is 11.6 Å². The molecule has 1 atom stereocenters. The summed E-state index contributed by atoms with van der Waals surface area (Å²) in [5.74, 6) is 0. The minimum Gasteiger partial charge on any atom is -0.303 e. The zero-order valence-corrected chi connectivity index (χ0v) is 13.2. The van der Waals surface area contributed by atoms with Crippen molar-refractivity contribution in [2.24, 2.45) is 0 Å². The van der Waals surface area contributed by atoms with Crippen molar-refractivity contribution in [2.75, 3.05) is 13.6 Å². The molecule has 1 aromatic heterocycles. The van der Waals surface area contributed by atoms with Crippen molar-refractivity contribution in [2.45, 2.75) is 38.8 Å². The summed E-state index contributed by atoms with van der Waals surface area (Å²) in [5.41, 5.74) is 1.70. The monoisotopic (exact) mass is 305 g/mol. The van der Waals surface area contributed by atoms with Gasteiger partial charge in [0.05, 0.1) is 17.2 Å². The first kappa shape index (κ1) is 14.5. The third-order valence-corrected chi connectivity index (χ3v) is 4.68. The Morgan fingerprint density at radius 2 is 2.24 bits per heavy atom. The second-order valence-electron chi connectivity index (χ2n) is 5.93. The van der Waals surface area contributed by atoms with Crippen LogP contribution in [0.15, 0.2) is 23.3 Å². The molecule has 1 aromatic carbocycles. The van der Waals surface area contributed by atoms with E-state index in [0.29, 0.717) is 23.0 Å². The quantitative estimate of drug-likeness (QED) is 0.875. The van der Waals surface area contributed by atoms with E-state index in [-0.39, 0.29) is 5.56 Å². The first-order valence-corrected chi connectivity index (χ1v) is 7.79. The first-order chi connectivity index (χ1) is 10.1. The highest BCUT2D eigenvalue weighted by Gasteiger charge is 2.20. The summed E-state index contributed by atoms with van der Waals surface area (Å²) >= 11 is 6.07. The van der Waals surface area contributed by atoms with Crippen LogP contribution in [0.1, 0.15) is 24.8 Å². The van der Waals surface area contributed by atoms with Gasteiger partial charge in [-0.1, -0.05) is 11.6 Å².